The lowest BCUT2D eigenvalue weighted by molar-refractivity contribution is -0.132. The summed E-state index contributed by atoms with van der Waals surface area (Å²) in [6, 6.07) is 14.0. The second-order valence-electron chi connectivity index (χ2n) is 7.19. The molecule has 0 fully saturated rings. The zero-order chi connectivity index (χ0) is 21.0. The minimum absolute atomic E-state index is 0.197. The highest BCUT2D eigenvalue weighted by molar-refractivity contribution is 6.09. The van der Waals surface area contributed by atoms with Crippen LogP contribution in [-0.2, 0) is 15.2 Å². The normalized spacial score (nSPS) is 18.3. The number of esters is 2. The zero-order valence-electron chi connectivity index (χ0n) is 16.2. The first-order valence-electron chi connectivity index (χ1n) is 9.40. The van der Waals surface area contributed by atoms with E-state index in [1.165, 1.54) is 19.9 Å². The molecule has 3 aromatic rings. The van der Waals surface area contributed by atoms with E-state index in [2.05, 4.69) is 0 Å². The minimum Gasteiger partial charge on any atom is -0.473 e. The Labute approximate surface area is 171 Å². The molecule has 1 aliphatic heterocycles. The summed E-state index contributed by atoms with van der Waals surface area (Å²) in [5, 5.41) is 1.49. The standard InChI is InChI=1S/C24H16O6/c1-13(25)28-19-10-9-17-22-16(19)6-4-7-20(22)30-24(17)12-11-18(27)15-5-3-8-21(23(15)24)29-14(2)26/h3-12H,1-2H3/t24-/m0/s1. The summed E-state index contributed by atoms with van der Waals surface area (Å²) >= 11 is 0. The Balaban J connectivity index is 1.82. The summed E-state index contributed by atoms with van der Waals surface area (Å²) in [6.07, 6.45) is 3.16. The Morgan fingerprint density at radius 1 is 0.900 bits per heavy atom. The van der Waals surface area contributed by atoms with Gasteiger partial charge in [-0.1, -0.05) is 24.3 Å². The number of allylic oxidation sites excluding steroid dienone is 1. The second kappa shape index (κ2) is 6.29. The number of hydrogen-bond acceptors (Lipinski definition) is 6. The van der Waals surface area contributed by atoms with E-state index in [-0.39, 0.29) is 11.5 Å². The lowest BCUT2D eigenvalue weighted by Gasteiger charge is -2.33. The highest BCUT2D eigenvalue weighted by Crippen LogP contribution is 2.54. The van der Waals surface area contributed by atoms with Crippen LogP contribution in [0.3, 0.4) is 0 Å². The van der Waals surface area contributed by atoms with Crippen LogP contribution in [-0.4, -0.2) is 17.7 Å². The molecular formula is C24H16O6. The Bertz CT molecular complexity index is 1300. The third kappa shape index (κ3) is 2.47. The number of ketones is 1. The van der Waals surface area contributed by atoms with Crippen LogP contribution < -0.4 is 14.2 Å². The molecule has 0 radical (unpaired) electrons. The zero-order valence-corrected chi connectivity index (χ0v) is 16.2. The molecule has 0 saturated carbocycles. The topological polar surface area (TPSA) is 78.9 Å². The molecule has 1 spiro atoms. The molecule has 30 heavy (non-hydrogen) atoms. The molecule has 0 saturated heterocycles. The molecular weight excluding hydrogens is 384 g/mol. The van der Waals surface area contributed by atoms with E-state index >= 15 is 0 Å². The molecule has 0 unspecified atom stereocenters. The largest absolute Gasteiger partial charge is 0.473 e. The van der Waals surface area contributed by atoms with Gasteiger partial charge >= 0.3 is 11.9 Å². The molecule has 0 aromatic heterocycles. The Kier molecular flexibility index (Phi) is 3.80. The summed E-state index contributed by atoms with van der Waals surface area (Å²) in [7, 11) is 0. The summed E-state index contributed by atoms with van der Waals surface area (Å²) in [5.41, 5.74) is 0.506. The molecule has 148 valence electrons. The van der Waals surface area contributed by atoms with E-state index in [1.54, 1.807) is 30.3 Å². The summed E-state index contributed by atoms with van der Waals surface area (Å²) < 4.78 is 17.2. The van der Waals surface area contributed by atoms with Gasteiger partial charge in [-0.05, 0) is 36.4 Å². The lowest BCUT2D eigenvalue weighted by atomic mass is 9.78. The molecule has 1 atom stereocenters. The van der Waals surface area contributed by atoms with Crippen LogP contribution in [0.25, 0.3) is 10.8 Å². The average molecular weight is 400 g/mol. The van der Waals surface area contributed by atoms with Gasteiger partial charge in [0.25, 0.3) is 0 Å². The number of carbonyl (C=O) groups excluding carboxylic acids is 3. The fourth-order valence-electron chi connectivity index (χ4n) is 4.25. The number of fused-ring (bicyclic) bond motifs is 3. The molecule has 2 aliphatic rings. The van der Waals surface area contributed by atoms with Gasteiger partial charge in [0.15, 0.2) is 11.4 Å². The van der Waals surface area contributed by atoms with E-state index in [1.807, 2.05) is 24.3 Å². The van der Waals surface area contributed by atoms with Crippen LogP contribution in [0.1, 0.15) is 35.3 Å². The van der Waals surface area contributed by atoms with Gasteiger partial charge in [0.05, 0.1) is 5.56 Å². The van der Waals surface area contributed by atoms with Crippen LogP contribution in [0, 0.1) is 0 Å². The Morgan fingerprint density at radius 2 is 1.63 bits per heavy atom. The third-order valence-corrected chi connectivity index (χ3v) is 5.27. The quantitative estimate of drug-likeness (QED) is 0.476. The molecule has 1 heterocycles. The van der Waals surface area contributed by atoms with Gasteiger partial charge < -0.3 is 14.2 Å². The highest BCUT2D eigenvalue weighted by atomic mass is 16.5. The Hall–Kier alpha value is -3.93. The maximum absolute atomic E-state index is 12.6. The van der Waals surface area contributed by atoms with Gasteiger partial charge in [0.1, 0.15) is 17.2 Å². The van der Waals surface area contributed by atoms with Crippen molar-refractivity contribution < 1.29 is 28.6 Å². The summed E-state index contributed by atoms with van der Waals surface area (Å²) in [5.74, 6) is 0.160. The van der Waals surface area contributed by atoms with Crippen molar-refractivity contribution in [2.45, 2.75) is 19.4 Å². The molecule has 0 amide bonds. The number of benzene rings is 3. The molecule has 6 heteroatoms. The first-order chi connectivity index (χ1) is 14.4. The molecule has 0 bridgehead atoms. The Morgan fingerprint density at radius 3 is 2.40 bits per heavy atom. The van der Waals surface area contributed by atoms with Crippen molar-refractivity contribution in [3.63, 3.8) is 0 Å². The third-order valence-electron chi connectivity index (χ3n) is 5.27. The lowest BCUT2D eigenvalue weighted by Crippen LogP contribution is -2.34. The molecule has 5 rings (SSSR count). The number of hydrogen-bond donors (Lipinski definition) is 0. The van der Waals surface area contributed by atoms with Gasteiger partial charge in [-0.3, -0.25) is 14.4 Å². The smallest absolute Gasteiger partial charge is 0.308 e. The van der Waals surface area contributed by atoms with E-state index in [4.69, 9.17) is 14.2 Å². The predicted octanol–water partition coefficient (Wildman–Crippen LogP) is 4.08. The fraction of sp³-hybridized carbons (Fsp3) is 0.125. The van der Waals surface area contributed by atoms with Crippen molar-refractivity contribution in [2.24, 2.45) is 0 Å². The molecule has 6 nitrogen and oxygen atoms in total. The van der Waals surface area contributed by atoms with Crippen LogP contribution in [0.4, 0.5) is 0 Å². The predicted molar refractivity (Wildman–Crippen MR) is 108 cm³/mol. The van der Waals surface area contributed by atoms with Crippen molar-refractivity contribution in [1.82, 2.24) is 0 Å². The van der Waals surface area contributed by atoms with E-state index in [9.17, 15) is 14.4 Å². The van der Waals surface area contributed by atoms with Crippen molar-refractivity contribution in [3.8, 4) is 17.2 Å². The first kappa shape index (κ1) is 18.1. The maximum atomic E-state index is 12.6. The highest BCUT2D eigenvalue weighted by Gasteiger charge is 2.48. The van der Waals surface area contributed by atoms with Gasteiger partial charge in [0.2, 0.25) is 0 Å². The van der Waals surface area contributed by atoms with Gasteiger partial charge in [-0.15, -0.1) is 0 Å². The minimum atomic E-state index is -1.15. The number of carbonyl (C=O) groups is 3. The second-order valence-corrected chi connectivity index (χ2v) is 7.19. The van der Waals surface area contributed by atoms with Crippen LogP contribution in [0.5, 0.6) is 17.2 Å². The maximum Gasteiger partial charge on any atom is 0.308 e. The summed E-state index contributed by atoms with van der Waals surface area (Å²) in [6.45, 7) is 2.65. The van der Waals surface area contributed by atoms with Crippen molar-refractivity contribution >= 4 is 28.5 Å². The SMILES string of the molecule is CC(=O)Oc1cccc2c1[C@@]1(C=CC2=O)Oc2cccc3c(OC(C)=O)ccc1c23. The number of rotatable bonds is 2. The van der Waals surface area contributed by atoms with Crippen molar-refractivity contribution in [1.29, 1.82) is 0 Å². The van der Waals surface area contributed by atoms with Crippen LogP contribution >= 0.6 is 0 Å². The fourth-order valence-corrected chi connectivity index (χ4v) is 4.25. The van der Waals surface area contributed by atoms with Crippen LogP contribution in [0.15, 0.2) is 60.7 Å². The summed E-state index contributed by atoms with van der Waals surface area (Å²) in [4.78, 5) is 35.9. The van der Waals surface area contributed by atoms with Crippen LogP contribution in [0.2, 0.25) is 0 Å². The first-order valence-corrected chi connectivity index (χ1v) is 9.40. The van der Waals surface area contributed by atoms with Crippen molar-refractivity contribution in [2.75, 3.05) is 0 Å². The van der Waals surface area contributed by atoms with Gasteiger partial charge in [0, 0.05) is 35.7 Å². The van der Waals surface area contributed by atoms with E-state index in [0.29, 0.717) is 28.0 Å². The van der Waals surface area contributed by atoms with E-state index < -0.39 is 17.5 Å². The number of ether oxygens (including phenoxy) is 3. The molecule has 1 aliphatic carbocycles. The molecule has 3 aromatic carbocycles. The van der Waals surface area contributed by atoms with Gasteiger partial charge in [-0.25, -0.2) is 0 Å². The monoisotopic (exact) mass is 400 g/mol. The van der Waals surface area contributed by atoms with Crippen molar-refractivity contribution in [3.05, 3.63) is 77.4 Å². The van der Waals surface area contributed by atoms with E-state index in [0.717, 1.165) is 10.9 Å². The van der Waals surface area contributed by atoms with Gasteiger partial charge in [-0.2, -0.15) is 0 Å². The average Bonchev–Trinajstić information content (AvgIpc) is 3.02. The molecule has 0 N–H and O–H groups in total.